The van der Waals surface area contributed by atoms with Crippen molar-refractivity contribution in [3.8, 4) is 0 Å². The quantitative estimate of drug-likeness (QED) is 0.770. The van der Waals surface area contributed by atoms with E-state index in [2.05, 4.69) is 55.9 Å². The van der Waals surface area contributed by atoms with Gasteiger partial charge in [0.25, 0.3) is 0 Å². The highest BCUT2D eigenvalue weighted by Gasteiger charge is 2.08. The molecule has 1 aromatic heterocycles. The van der Waals surface area contributed by atoms with Crippen molar-refractivity contribution in [2.24, 2.45) is 0 Å². The molecule has 1 heterocycles. The van der Waals surface area contributed by atoms with Gasteiger partial charge in [0.15, 0.2) is 0 Å². The first-order chi connectivity index (χ1) is 7.92. The minimum Gasteiger partial charge on any atom is -0.312 e. The van der Waals surface area contributed by atoms with Crippen LogP contribution in [0.25, 0.3) is 0 Å². The Kier molecular flexibility index (Phi) is 5.19. The van der Waals surface area contributed by atoms with Gasteiger partial charge in [0.1, 0.15) is 0 Å². The maximum atomic E-state index is 4.41. The lowest BCUT2D eigenvalue weighted by Crippen LogP contribution is -2.36. The predicted molar refractivity (Wildman–Crippen MR) is 73.3 cm³/mol. The summed E-state index contributed by atoms with van der Waals surface area (Å²) < 4.78 is 2.08. The summed E-state index contributed by atoms with van der Waals surface area (Å²) in [6, 6.07) is 0.511. The highest BCUT2D eigenvalue weighted by atomic mass is 15.3. The summed E-state index contributed by atoms with van der Waals surface area (Å²) in [4.78, 5) is 0. The molecule has 0 aliphatic rings. The Labute approximate surface area is 106 Å². The average Bonchev–Trinajstić information content (AvgIpc) is 2.70. The van der Waals surface area contributed by atoms with E-state index in [0.29, 0.717) is 6.04 Å². The zero-order valence-corrected chi connectivity index (χ0v) is 12.0. The summed E-state index contributed by atoms with van der Waals surface area (Å²) in [5, 5.41) is 7.92. The van der Waals surface area contributed by atoms with Crippen LogP contribution in [0.3, 0.4) is 0 Å². The van der Waals surface area contributed by atoms with Gasteiger partial charge in [-0.05, 0) is 59.1 Å². The highest BCUT2D eigenvalue weighted by molar-refractivity contribution is 5.04. The highest BCUT2D eigenvalue weighted by Crippen LogP contribution is 2.11. The summed E-state index contributed by atoms with van der Waals surface area (Å²) in [6.07, 6.45) is 7.60. The zero-order valence-electron chi connectivity index (χ0n) is 12.0. The van der Waals surface area contributed by atoms with Crippen molar-refractivity contribution in [1.29, 1.82) is 0 Å². The molecule has 1 aromatic rings. The van der Waals surface area contributed by atoms with Crippen molar-refractivity contribution in [1.82, 2.24) is 15.1 Å². The Morgan fingerprint density at radius 3 is 2.71 bits per heavy atom. The van der Waals surface area contributed by atoms with Gasteiger partial charge >= 0.3 is 0 Å². The van der Waals surface area contributed by atoms with Crippen LogP contribution < -0.4 is 5.32 Å². The SMILES string of the molecule is CCC(C)n1cc(CCCNC(C)(C)C)cn1. The standard InChI is InChI=1S/C14H27N3/c1-6-12(2)17-11-13(10-16-17)8-7-9-15-14(3,4)5/h10-12,15H,6-9H2,1-5H3. The van der Waals surface area contributed by atoms with Gasteiger partial charge in [0.2, 0.25) is 0 Å². The van der Waals surface area contributed by atoms with Crippen LogP contribution in [0.2, 0.25) is 0 Å². The van der Waals surface area contributed by atoms with E-state index in [4.69, 9.17) is 0 Å². The fourth-order valence-electron chi connectivity index (χ4n) is 1.69. The Morgan fingerprint density at radius 2 is 2.12 bits per heavy atom. The third kappa shape index (κ3) is 5.35. The predicted octanol–water partition coefficient (Wildman–Crippen LogP) is 3.17. The molecule has 1 N–H and O–H groups in total. The third-order valence-corrected chi connectivity index (χ3v) is 2.99. The van der Waals surface area contributed by atoms with E-state index < -0.39 is 0 Å². The molecule has 98 valence electrons. The van der Waals surface area contributed by atoms with Crippen LogP contribution in [-0.2, 0) is 6.42 Å². The second-order valence-electron chi connectivity index (χ2n) is 5.87. The van der Waals surface area contributed by atoms with E-state index in [9.17, 15) is 0 Å². The van der Waals surface area contributed by atoms with Gasteiger partial charge in [0, 0.05) is 17.8 Å². The molecule has 0 aliphatic heterocycles. The van der Waals surface area contributed by atoms with Gasteiger partial charge in [-0.3, -0.25) is 4.68 Å². The molecular weight excluding hydrogens is 210 g/mol. The first kappa shape index (κ1) is 14.2. The van der Waals surface area contributed by atoms with Crippen LogP contribution in [0.5, 0.6) is 0 Å². The molecule has 1 unspecified atom stereocenters. The minimum absolute atomic E-state index is 0.223. The molecule has 3 nitrogen and oxygen atoms in total. The van der Waals surface area contributed by atoms with Crippen LogP contribution in [0.1, 0.15) is 59.1 Å². The maximum absolute atomic E-state index is 4.41. The van der Waals surface area contributed by atoms with Crippen LogP contribution in [0, 0.1) is 0 Å². The Hall–Kier alpha value is -0.830. The van der Waals surface area contributed by atoms with Crippen molar-refractivity contribution in [3.63, 3.8) is 0 Å². The van der Waals surface area contributed by atoms with Crippen molar-refractivity contribution >= 4 is 0 Å². The summed E-state index contributed by atoms with van der Waals surface area (Å²) >= 11 is 0. The maximum Gasteiger partial charge on any atom is 0.0521 e. The van der Waals surface area contributed by atoms with E-state index in [1.54, 1.807) is 0 Å². The number of nitrogens with zero attached hydrogens (tertiary/aromatic N) is 2. The van der Waals surface area contributed by atoms with Crippen LogP contribution >= 0.6 is 0 Å². The summed E-state index contributed by atoms with van der Waals surface area (Å²) in [5.41, 5.74) is 1.57. The van der Waals surface area contributed by atoms with E-state index in [1.807, 2.05) is 6.20 Å². The molecule has 0 spiro atoms. The second-order valence-corrected chi connectivity index (χ2v) is 5.87. The zero-order chi connectivity index (χ0) is 12.9. The molecule has 1 rings (SSSR count). The second kappa shape index (κ2) is 6.20. The number of rotatable bonds is 6. The van der Waals surface area contributed by atoms with Gasteiger partial charge in [-0.15, -0.1) is 0 Å². The third-order valence-electron chi connectivity index (χ3n) is 2.99. The van der Waals surface area contributed by atoms with Crippen molar-refractivity contribution in [2.75, 3.05) is 6.54 Å². The molecular formula is C14H27N3. The Bertz CT molecular complexity index is 322. The molecule has 3 heteroatoms. The topological polar surface area (TPSA) is 29.9 Å². The molecule has 0 aromatic carbocycles. The Balaban J connectivity index is 2.30. The van der Waals surface area contributed by atoms with Gasteiger partial charge in [-0.25, -0.2) is 0 Å². The monoisotopic (exact) mass is 237 g/mol. The molecule has 0 bridgehead atoms. The van der Waals surface area contributed by atoms with E-state index in [-0.39, 0.29) is 5.54 Å². The molecule has 0 aliphatic carbocycles. The lowest BCUT2D eigenvalue weighted by Gasteiger charge is -2.20. The van der Waals surface area contributed by atoms with Crippen molar-refractivity contribution in [2.45, 2.75) is 65.5 Å². The molecule has 0 fully saturated rings. The number of aromatic nitrogens is 2. The number of aryl methyl sites for hydroxylation is 1. The first-order valence-corrected chi connectivity index (χ1v) is 6.70. The Morgan fingerprint density at radius 1 is 1.41 bits per heavy atom. The minimum atomic E-state index is 0.223. The van der Waals surface area contributed by atoms with Crippen molar-refractivity contribution < 1.29 is 0 Å². The average molecular weight is 237 g/mol. The smallest absolute Gasteiger partial charge is 0.0521 e. The van der Waals surface area contributed by atoms with Gasteiger partial charge in [-0.1, -0.05) is 6.92 Å². The lowest BCUT2D eigenvalue weighted by molar-refractivity contribution is 0.422. The number of hydrogen-bond donors (Lipinski definition) is 1. The van der Waals surface area contributed by atoms with Gasteiger partial charge in [-0.2, -0.15) is 5.10 Å². The van der Waals surface area contributed by atoms with Crippen LogP contribution in [-0.4, -0.2) is 21.9 Å². The molecule has 17 heavy (non-hydrogen) atoms. The van der Waals surface area contributed by atoms with Crippen LogP contribution in [0.4, 0.5) is 0 Å². The summed E-state index contributed by atoms with van der Waals surface area (Å²) in [5.74, 6) is 0. The fraction of sp³-hybridized carbons (Fsp3) is 0.786. The van der Waals surface area contributed by atoms with E-state index in [1.165, 1.54) is 12.0 Å². The summed E-state index contributed by atoms with van der Waals surface area (Å²) in [6.45, 7) is 12.1. The normalized spacial score (nSPS) is 13.9. The summed E-state index contributed by atoms with van der Waals surface area (Å²) in [7, 11) is 0. The molecule has 0 saturated heterocycles. The fourth-order valence-corrected chi connectivity index (χ4v) is 1.69. The number of hydrogen-bond acceptors (Lipinski definition) is 2. The van der Waals surface area contributed by atoms with E-state index >= 15 is 0 Å². The first-order valence-electron chi connectivity index (χ1n) is 6.70. The van der Waals surface area contributed by atoms with Gasteiger partial charge < -0.3 is 5.32 Å². The molecule has 0 amide bonds. The van der Waals surface area contributed by atoms with Crippen LogP contribution in [0.15, 0.2) is 12.4 Å². The largest absolute Gasteiger partial charge is 0.312 e. The van der Waals surface area contributed by atoms with E-state index in [0.717, 1.165) is 19.4 Å². The number of nitrogens with one attached hydrogen (secondary N) is 1. The van der Waals surface area contributed by atoms with Crippen molar-refractivity contribution in [3.05, 3.63) is 18.0 Å². The molecule has 1 atom stereocenters. The molecule has 0 radical (unpaired) electrons. The van der Waals surface area contributed by atoms with Gasteiger partial charge in [0.05, 0.1) is 6.20 Å². The lowest BCUT2D eigenvalue weighted by atomic mass is 10.1. The molecule has 0 saturated carbocycles.